The lowest BCUT2D eigenvalue weighted by Gasteiger charge is -2.31. The molecule has 17 nitrogen and oxygen atoms in total. The third-order valence-corrected chi connectivity index (χ3v) is 18.0. The van der Waals surface area contributed by atoms with Crippen molar-refractivity contribution in [3.05, 3.63) is 64.0 Å². The van der Waals surface area contributed by atoms with Crippen LogP contribution in [0.15, 0.2) is 41.8 Å². The predicted octanol–water partition coefficient (Wildman–Crippen LogP) is 6.91. The largest absolute Gasteiger partial charge is 0.495 e. The van der Waals surface area contributed by atoms with Crippen LogP contribution in [-0.2, 0) is 35.1 Å². The number of hydrogen-bond donors (Lipinski definition) is 5. The molecule has 4 aromatic rings. The summed E-state index contributed by atoms with van der Waals surface area (Å²) in [5, 5.41) is 9.82. The Balaban J connectivity index is 1.17. The Kier molecular flexibility index (Phi) is 14.4. The maximum atomic E-state index is 15.0. The SMILES string of the molecule is COc1ccc2c(O[C@@H]3C[C@H]4C(=O)N[C@]5(P(=O)(O)Cc6c(F)cccc6F)C[C@H]5CCCCS(=O)(=O)NC[C@H](NC(=O)OC5CCCC5)C(=O)N4C3)cc(-c3csc(NC(C)C)n3)nc2c1Cl. The third-order valence-electron chi connectivity index (χ3n) is 12.7. The molecule has 8 rings (SSSR count). The fourth-order valence-electron chi connectivity index (χ4n) is 9.22. The highest BCUT2D eigenvalue weighted by molar-refractivity contribution is 7.89. The molecule has 0 spiro atoms. The second-order valence-electron chi connectivity index (χ2n) is 17.8. The van der Waals surface area contributed by atoms with E-state index in [1.54, 1.807) is 18.2 Å². The van der Waals surface area contributed by atoms with Crippen molar-refractivity contribution in [3.63, 3.8) is 0 Å². The van der Waals surface area contributed by atoms with Crippen molar-refractivity contribution < 1.29 is 55.3 Å². The van der Waals surface area contributed by atoms with Gasteiger partial charge < -0.3 is 40.0 Å². The van der Waals surface area contributed by atoms with E-state index in [1.807, 2.05) is 19.2 Å². The Bertz CT molecular complexity index is 2690. The van der Waals surface area contributed by atoms with E-state index >= 15 is 0 Å². The highest BCUT2D eigenvalue weighted by atomic mass is 35.5. The summed E-state index contributed by atoms with van der Waals surface area (Å²) in [5.41, 5.74) is 0.579. The van der Waals surface area contributed by atoms with Gasteiger partial charge in [-0.15, -0.1) is 11.3 Å². The molecule has 4 aliphatic rings. The van der Waals surface area contributed by atoms with Gasteiger partial charge in [0.15, 0.2) is 5.13 Å². The number of hydrogen-bond acceptors (Lipinski definition) is 13. The fraction of sp³-hybridized carbons (Fsp3) is 0.523. The molecule has 2 aliphatic heterocycles. The minimum Gasteiger partial charge on any atom is -0.495 e. The van der Waals surface area contributed by atoms with Gasteiger partial charge in [-0.2, -0.15) is 0 Å². The molecule has 3 amide bonds. The maximum absolute atomic E-state index is 15.0. The van der Waals surface area contributed by atoms with Crippen molar-refractivity contribution in [2.45, 2.75) is 113 Å². The Morgan fingerprint density at radius 3 is 2.51 bits per heavy atom. The Hall–Kier alpha value is -4.66. The van der Waals surface area contributed by atoms with E-state index in [4.69, 9.17) is 35.8 Å². The molecular formula is C44H53ClF2N7O10PS2. The zero-order valence-electron chi connectivity index (χ0n) is 37.1. The standard InChI is InChI=1S/C44H53ClF2N7O10PS2/c1-24(2)49-42-51-34(23-66-42)32-18-37(28-14-15-36(62-3)38(45)39(28)50-32)63-27-17-35-40(55)53-44(65(58,59)22-29-30(46)12-8-13-31(29)47)19-25(44)9-6-7-16-67(60,61)48-20-33(41(56)54(35)21-27)52-43(57)64-26-10-4-5-11-26/h8,12-15,18,23-27,33,35,48H,4-7,9-11,16-17,19-22H2,1-3H3,(H,49,51)(H,52,57)(H,53,55)(H,58,59)/t25-,27-,33+,35+,44+/m1/s1. The number of sulfonamides is 1. The number of amides is 3. The van der Waals surface area contributed by atoms with Crippen LogP contribution in [-0.4, -0.2) is 108 Å². The van der Waals surface area contributed by atoms with Gasteiger partial charge in [0.05, 0.1) is 36.8 Å². The molecule has 0 radical (unpaired) electrons. The number of carbonyl (C=O) groups excluding carboxylic acids is 3. The molecule has 2 aromatic carbocycles. The van der Waals surface area contributed by atoms with Crippen LogP contribution < -0.4 is 30.1 Å². The second-order valence-corrected chi connectivity index (χ2v) is 23.5. The average molecular weight is 1010 g/mol. The summed E-state index contributed by atoms with van der Waals surface area (Å²) in [6.45, 7) is 3.09. The quantitative estimate of drug-likeness (QED) is 0.0964. The number of halogens is 3. The third kappa shape index (κ3) is 10.7. The molecule has 0 bridgehead atoms. The number of aromatic nitrogens is 2. The van der Waals surface area contributed by atoms with Crippen LogP contribution in [0.4, 0.5) is 18.7 Å². The molecule has 2 aromatic heterocycles. The Morgan fingerprint density at radius 2 is 1.79 bits per heavy atom. The van der Waals surface area contributed by atoms with E-state index in [9.17, 15) is 41.0 Å². The number of thiazole rings is 1. The lowest BCUT2D eigenvalue weighted by atomic mass is 10.1. The molecule has 4 fully saturated rings. The molecule has 5 N–H and O–H groups in total. The van der Waals surface area contributed by atoms with Crippen molar-refractivity contribution in [2.24, 2.45) is 5.92 Å². The van der Waals surface area contributed by atoms with Gasteiger partial charge in [0.1, 0.15) is 63.4 Å². The van der Waals surface area contributed by atoms with E-state index < -0.39 is 101 Å². The van der Waals surface area contributed by atoms with Gasteiger partial charge in [-0.25, -0.2) is 36.7 Å². The zero-order valence-corrected chi connectivity index (χ0v) is 40.3. The first-order valence-electron chi connectivity index (χ1n) is 22.2. The molecule has 4 heterocycles. The summed E-state index contributed by atoms with van der Waals surface area (Å²) in [6, 6.07) is 5.17. The molecule has 2 saturated heterocycles. The van der Waals surface area contributed by atoms with Crippen LogP contribution in [0.25, 0.3) is 22.3 Å². The number of methoxy groups -OCH3 is 1. The average Bonchev–Trinajstić information content (AvgIpc) is 3.69. The minimum atomic E-state index is -4.72. The maximum Gasteiger partial charge on any atom is 0.408 e. The highest BCUT2D eigenvalue weighted by Gasteiger charge is 2.66. The number of ether oxygens (including phenoxy) is 3. The number of nitrogens with zero attached hydrogens (tertiary/aromatic N) is 3. The number of alkyl carbamates (subject to hydrolysis) is 1. The van der Waals surface area contributed by atoms with Crippen LogP contribution in [0, 0.1) is 17.6 Å². The van der Waals surface area contributed by atoms with Crippen molar-refractivity contribution >= 4 is 74.3 Å². The highest BCUT2D eigenvalue weighted by Crippen LogP contribution is 2.71. The molecule has 362 valence electrons. The normalized spacial score (nSPS) is 25.6. The topological polar surface area (TPSA) is 227 Å². The first kappa shape index (κ1) is 48.8. The summed E-state index contributed by atoms with van der Waals surface area (Å²) >= 11 is 8.21. The van der Waals surface area contributed by atoms with Gasteiger partial charge >= 0.3 is 6.09 Å². The monoisotopic (exact) mass is 1010 g/mol. The molecule has 67 heavy (non-hydrogen) atoms. The van der Waals surface area contributed by atoms with Crippen LogP contribution in [0.3, 0.4) is 0 Å². The summed E-state index contributed by atoms with van der Waals surface area (Å²) in [7, 11) is -7.29. The molecule has 2 saturated carbocycles. The van der Waals surface area contributed by atoms with Gasteiger partial charge in [0.2, 0.25) is 29.2 Å². The second kappa shape index (κ2) is 19.7. The Labute approximate surface area is 395 Å². The van der Waals surface area contributed by atoms with Gasteiger partial charge in [-0.3, -0.25) is 14.2 Å². The van der Waals surface area contributed by atoms with Crippen molar-refractivity contribution in [1.82, 2.24) is 30.2 Å². The summed E-state index contributed by atoms with van der Waals surface area (Å²) in [4.78, 5) is 65.5. The first-order valence-corrected chi connectivity index (χ1v) is 27.0. The summed E-state index contributed by atoms with van der Waals surface area (Å²) < 4.78 is 91.4. The van der Waals surface area contributed by atoms with Gasteiger partial charge in [0, 0.05) is 41.4 Å². The number of anilines is 1. The summed E-state index contributed by atoms with van der Waals surface area (Å²) in [5.74, 6) is -4.24. The van der Waals surface area contributed by atoms with Crippen molar-refractivity contribution in [2.75, 3.05) is 31.3 Å². The van der Waals surface area contributed by atoms with Gasteiger partial charge in [0.25, 0.3) is 0 Å². The van der Waals surface area contributed by atoms with E-state index in [1.165, 1.54) is 18.4 Å². The summed E-state index contributed by atoms with van der Waals surface area (Å²) in [6.07, 6.45) is 0.00806. The van der Waals surface area contributed by atoms with E-state index in [2.05, 4.69) is 20.7 Å². The fourth-order valence-corrected chi connectivity index (χ4v) is 14.0. The molecule has 6 atom stereocenters. The number of nitrogens with one attached hydrogen (secondary N) is 4. The number of carbonyl (C=O) groups is 3. The smallest absolute Gasteiger partial charge is 0.408 e. The number of rotatable bonds is 11. The van der Waals surface area contributed by atoms with Crippen molar-refractivity contribution in [3.8, 4) is 22.9 Å². The predicted molar refractivity (Wildman–Crippen MR) is 248 cm³/mol. The lowest BCUT2D eigenvalue weighted by molar-refractivity contribution is -0.140. The lowest BCUT2D eigenvalue weighted by Crippen LogP contribution is -2.58. The Morgan fingerprint density at radius 1 is 1.06 bits per heavy atom. The van der Waals surface area contributed by atoms with Crippen LogP contribution in [0.5, 0.6) is 11.5 Å². The molecule has 2 aliphatic carbocycles. The zero-order chi connectivity index (χ0) is 47.8. The van der Waals surface area contributed by atoms with Crippen LogP contribution in [0.1, 0.15) is 77.2 Å². The number of benzene rings is 2. The minimum absolute atomic E-state index is 0.0492. The number of fused-ring (bicyclic) bond motifs is 3. The van der Waals surface area contributed by atoms with Crippen LogP contribution >= 0.6 is 30.3 Å². The molecular weight excluding hydrogens is 955 g/mol. The first-order chi connectivity index (χ1) is 31.9. The molecule has 23 heteroatoms. The van der Waals surface area contributed by atoms with Gasteiger partial charge in [-0.05, 0) is 89.0 Å². The van der Waals surface area contributed by atoms with Gasteiger partial charge in [-0.1, -0.05) is 24.1 Å². The van der Waals surface area contributed by atoms with Crippen molar-refractivity contribution in [1.29, 1.82) is 0 Å². The molecule has 1 unspecified atom stereocenters. The number of pyridine rings is 1. The van der Waals surface area contributed by atoms with Crippen LogP contribution in [0.2, 0.25) is 5.02 Å². The van der Waals surface area contributed by atoms with E-state index in [-0.39, 0.29) is 61.2 Å². The van der Waals surface area contributed by atoms with E-state index in [0.717, 1.165) is 35.9 Å². The van der Waals surface area contributed by atoms with E-state index in [0.29, 0.717) is 46.0 Å².